The number of rotatable bonds is 7. The van der Waals surface area contributed by atoms with E-state index in [1.807, 2.05) is 70.5 Å². The van der Waals surface area contributed by atoms with E-state index in [2.05, 4.69) is 40.2 Å². The Bertz CT molecular complexity index is 1260. The predicted octanol–water partition coefficient (Wildman–Crippen LogP) is 4.35. The molecular weight excluding hydrogens is 434 g/mol. The van der Waals surface area contributed by atoms with E-state index < -0.39 is 0 Å². The SMILES string of the molecule is O=C(/C=C/c1cn(Cc2ccccc2)nc1-c1ccccc1)N1CCN(Cc2cccnc2)CC1. The molecule has 176 valence electrons. The first kappa shape index (κ1) is 22.7. The molecule has 0 spiro atoms. The zero-order valence-electron chi connectivity index (χ0n) is 19.7. The standard InChI is InChI=1S/C29H29N5O/c35-28(33-18-16-32(17-19-33)21-25-10-7-15-30-20-25)14-13-27-23-34(22-24-8-3-1-4-9-24)31-29(27)26-11-5-2-6-12-26/h1-15,20,23H,16-19,21-22H2/b14-13+. The normalized spacial score (nSPS) is 14.5. The van der Waals surface area contributed by atoms with Crippen molar-refractivity contribution in [1.29, 1.82) is 0 Å². The molecule has 6 nitrogen and oxygen atoms in total. The molecular formula is C29H29N5O. The van der Waals surface area contributed by atoms with Crippen molar-refractivity contribution in [3.05, 3.63) is 114 Å². The van der Waals surface area contributed by atoms with Gasteiger partial charge in [-0.1, -0.05) is 66.7 Å². The van der Waals surface area contributed by atoms with Gasteiger partial charge in [-0.2, -0.15) is 5.10 Å². The van der Waals surface area contributed by atoms with E-state index in [0.717, 1.165) is 49.5 Å². The van der Waals surface area contributed by atoms with Crippen LogP contribution in [0.3, 0.4) is 0 Å². The number of amides is 1. The van der Waals surface area contributed by atoms with Crippen molar-refractivity contribution in [1.82, 2.24) is 24.6 Å². The van der Waals surface area contributed by atoms with Gasteiger partial charge in [0.1, 0.15) is 0 Å². The highest BCUT2D eigenvalue weighted by Gasteiger charge is 2.20. The molecule has 2 aromatic heterocycles. The summed E-state index contributed by atoms with van der Waals surface area (Å²) in [6.45, 7) is 4.72. The Labute approximate surface area is 206 Å². The van der Waals surface area contributed by atoms with Crippen LogP contribution in [0.4, 0.5) is 0 Å². The summed E-state index contributed by atoms with van der Waals surface area (Å²) < 4.78 is 1.94. The van der Waals surface area contributed by atoms with Gasteiger partial charge in [0.05, 0.1) is 12.2 Å². The topological polar surface area (TPSA) is 54.3 Å². The number of carbonyl (C=O) groups is 1. The van der Waals surface area contributed by atoms with Gasteiger partial charge < -0.3 is 4.90 Å². The van der Waals surface area contributed by atoms with E-state index >= 15 is 0 Å². The minimum absolute atomic E-state index is 0.0425. The molecule has 35 heavy (non-hydrogen) atoms. The zero-order valence-corrected chi connectivity index (χ0v) is 19.7. The monoisotopic (exact) mass is 463 g/mol. The van der Waals surface area contributed by atoms with Gasteiger partial charge in [-0.15, -0.1) is 0 Å². The molecule has 0 radical (unpaired) electrons. The van der Waals surface area contributed by atoms with E-state index in [0.29, 0.717) is 6.54 Å². The highest BCUT2D eigenvalue weighted by molar-refractivity contribution is 5.93. The first-order chi connectivity index (χ1) is 17.2. The second kappa shape index (κ2) is 10.9. The van der Waals surface area contributed by atoms with Crippen LogP contribution in [0.2, 0.25) is 0 Å². The molecule has 2 aromatic carbocycles. The average Bonchev–Trinajstić information content (AvgIpc) is 3.32. The summed E-state index contributed by atoms with van der Waals surface area (Å²) in [5.74, 6) is 0.0425. The second-order valence-corrected chi connectivity index (χ2v) is 8.78. The third kappa shape index (κ3) is 5.91. The van der Waals surface area contributed by atoms with Crippen LogP contribution >= 0.6 is 0 Å². The summed E-state index contributed by atoms with van der Waals surface area (Å²) in [7, 11) is 0. The lowest BCUT2D eigenvalue weighted by molar-refractivity contribution is -0.127. The number of hydrogen-bond donors (Lipinski definition) is 0. The third-order valence-corrected chi connectivity index (χ3v) is 6.24. The number of nitrogens with zero attached hydrogens (tertiary/aromatic N) is 5. The Kier molecular flexibility index (Phi) is 7.10. The molecule has 1 saturated heterocycles. The third-order valence-electron chi connectivity index (χ3n) is 6.24. The maximum absolute atomic E-state index is 13.0. The van der Waals surface area contributed by atoms with E-state index in [4.69, 9.17) is 5.10 Å². The van der Waals surface area contributed by atoms with E-state index in [9.17, 15) is 4.79 Å². The van der Waals surface area contributed by atoms with Crippen molar-refractivity contribution in [2.75, 3.05) is 26.2 Å². The number of carbonyl (C=O) groups excluding carboxylic acids is 1. The van der Waals surface area contributed by atoms with Crippen LogP contribution in [0.25, 0.3) is 17.3 Å². The number of hydrogen-bond acceptors (Lipinski definition) is 4. The van der Waals surface area contributed by atoms with Crippen molar-refractivity contribution >= 4 is 12.0 Å². The predicted molar refractivity (Wildman–Crippen MR) is 138 cm³/mol. The molecule has 0 saturated carbocycles. The highest BCUT2D eigenvalue weighted by atomic mass is 16.2. The van der Waals surface area contributed by atoms with Crippen LogP contribution in [-0.2, 0) is 17.9 Å². The summed E-state index contributed by atoms with van der Waals surface area (Å²) in [4.78, 5) is 21.4. The summed E-state index contributed by atoms with van der Waals surface area (Å²) >= 11 is 0. The maximum Gasteiger partial charge on any atom is 0.246 e. The van der Waals surface area contributed by atoms with Gasteiger partial charge in [0.25, 0.3) is 0 Å². The number of piperazine rings is 1. The molecule has 4 aromatic rings. The lowest BCUT2D eigenvalue weighted by Crippen LogP contribution is -2.47. The Morgan fingerprint density at radius 2 is 1.54 bits per heavy atom. The molecule has 1 aliphatic rings. The van der Waals surface area contributed by atoms with Crippen molar-refractivity contribution in [3.63, 3.8) is 0 Å². The summed E-state index contributed by atoms with van der Waals surface area (Å²) in [5, 5.41) is 4.84. The fourth-order valence-electron chi connectivity index (χ4n) is 4.37. The Morgan fingerprint density at radius 1 is 0.829 bits per heavy atom. The van der Waals surface area contributed by atoms with Crippen molar-refractivity contribution in [2.24, 2.45) is 0 Å². The Hall–Kier alpha value is -4.03. The number of pyridine rings is 1. The van der Waals surface area contributed by atoms with Gasteiger partial charge in [-0.05, 0) is 23.3 Å². The largest absolute Gasteiger partial charge is 0.337 e. The highest BCUT2D eigenvalue weighted by Crippen LogP contribution is 2.24. The minimum Gasteiger partial charge on any atom is -0.337 e. The fraction of sp³-hybridized carbons (Fsp3) is 0.207. The van der Waals surface area contributed by atoms with Crippen LogP contribution in [-0.4, -0.2) is 56.7 Å². The van der Waals surface area contributed by atoms with Crippen molar-refractivity contribution in [2.45, 2.75) is 13.1 Å². The molecule has 1 aliphatic heterocycles. The summed E-state index contributed by atoms with van der Waals surface area (Å²) in [6.07, 6.45) is 9.31. The van der Waals surface area contributed by atoms with Gasteiger partial charge in [0, 0.05) is 68.5 Å². The molecule has 6 heteroatoms. The van der Waals surface area contributed by atoms with Gasteiger partial charge in [0.15, 0.2) is 0 Å². The average molecular weight is 464 g/mol. The first-order valence-corrected chi connectivity index (χ1v) is 12.0. The molecule has 1 fully saturated rings. The molecule has 0 bridgehead atoms. The van der Waals surface area contributed by atoms with Crippen LogP contribution in [0.5, 0.6) is 0 Å². The smallest absolute Gasteiger partial charge is 0.246 e. The Balaban J connectivity index is 1.26. The van der Waals surface area contributed by atoms with Gasteiger partial charge >= 0.3 is 0 Å². The number of benzene rings is 2. The molecule has 0 N–H and O–H groups in total. The molecule has 0 unspecified atom stereocenters. The zero-order chi connectivity index (χ0) is 23.9. The fourth-order valence-corrected chi connectivity index (χ4v) is 4.37. The molecule has 3 heterocycles. The molecule has 1 amide bonds. The minimum atomic E-state index is 0.0425. The van der Waals surface area contributed by atoms with Gasteiger partial charge in [-0.3, -0.25) is 19.4 Å². The molecule has 0 aliphatic carbocycles. The summed E-state index contributed by atoms with van der Waals surface area (Å²) in [6, 6.07) is 24.4. The van der Waals surface area contributed by atoms with E-state index in [1.165, 1.54) is 11.1 Å². The van der Waals surface area contributed by atoms with Gasteiger partial charge in [0.2, 0.25) is 5.91 Å². The number of aromatic nitrogens is 3. The van der Waals surface area contributed by atoms with E-state index in [1.54, 1.807) is 12.3 Å². The van der Waals surface area contributed by atoms with Crippen LogP contribution in [0.1, 0.15) is 16.7 Å². The van der Waals surface area contributed by atoms with Gasteiger partial charge in [-0.25, -0.2) is 0 Å². The van der Waals surface area contributed by atoms with Crippen LogP contribution < -0.4 is 0 Å². The van der Waals surface area contributed by atoms with Crippen LogP contribution in [0, 0.1) is 0 Å². The second-order valence-electron chi connectivity index (χ2n) is 8.78. The first-order valence-electron chi connectivity index (χ1n) is 12.0. The van der Waals surface area contributed by atoms with Crippen molar-refractivity contribution < 1.29 is 4.79 Å². The quantitative estimate of drug-likeness (QED) is 0.383. The maximum atomic E-state index is 13.0. The van der Waals surface area contributed by atoms with Crippen LogP contribution in [0.15, 0.2) is 97.5 Å². The van der Waals surface area contributed by atoms with Crippen molar-refractivity contribution in [3.8, 4) is 11.3 Å². The summed E-state index contributed by atoms with van der Waals surface area (Å²) in [5.41, 5.74) is 5.25. The molecule has 5 rings (SSSR count). The lowest BCUT2D eigenvalue weighted by Gasteiger charge is -2.34. The Morgan fingerprint density at radius 3 is 2.26 bits per heavy atom. The lowest BCUT2D eigenvalue weighted by atomic mass is 10.1. The molecule has 0 atom stereocenters. The van der Waals surface area contributed by atoms with E-state index in [-0.39, 0.29) is 5.91 Å².